The molecule has 0 spiro atoms. The molecule has 2 rings (SSSR count). The van der Waals surface area contributed by atoms with Crippen LogP contribution in [0.2, 0.25) is 0 Å². The molecule has 1 aliphatic rings. The van der Waals surface area contributed by atoms with E-state index in [2.05, 4.69) is 11.4 Å². The standard InChI is InChI=1S/C21H29NO6/c1-14(20(23)22-11-10-15-8-6-5-7-9-15)28-21(24)16-12-17(25-2)19(27-4)18(13-16)26-3/h8,12-14H,5-7,9-11H2,1-4H3,(H,22,23)/t14-/m1/s1. The molecule has 0 aromatic heterocycles. The topological polar surface area (TPSA) is 83.1 Å². The fourth-order valence-electron chi connectivity index (χ4n) is 3.10. The van der Waals surface area contributed by atoms with Crippen LogP contribution in [0.1, 0.15) is 49.4 Å². The van der Waals surface area contributed by atoms with E-state index in [0.717, 1.165) is 19.3 Å². The van der Waals surface area contributed by atoms with Gasteiger partial charge in [0.05, 0.1) is 26.9 Å². The molecule has 1 aliphatic carbocycles. The number of benzene rings is 1. The second-order valence-corrected chi connectivity index (χ2v) is 6.61. The van der Waals surface area contributed by atoms with E-state index in [1.807, 2.05) is 0 Å². The summed E-state index contributed by atoms with van der Waals surface area (Å²) in [7, 11) is 4.41. The van der Waals surface area contributed by atoms with Crippen molar-refractivity contribution in [3.63, 3.8) is 0 Å². The number of rotatable bonds is 9. The zero-order chi connectivity index (χ0) is 20.5. The second kappa shape index (κ2) is 10.6. The lowest BCUT2D eigenvalue weighted by atomic mass is 9.97. The number of methoxy groups -OCH3 is 3. The first-order valence-corrected chi connectivity index (χ1v) is 9.46. The van der Waals surface area contributed by atoms with Crippen molar-refractivity contribution in [2.75, 3.05) is 27.9 Å². The fraction of sp³-hybridized carbons (Fsp3) is 0.524. The smallest absolute Gasteiger partial charge is 0.339 e. The molecule has 0 bridgehead atoms. The molecule has 1 aromatic rings. The van der Waals surface area contributed by atoms with Gasteiger partial charge >= 0.3 is 5.97 Å². The van der Waals surface area contributed by atoms with Crippen LogP contribution in [0.4, 0.5) is 0 Å². The predicted molar refractivity (Wildman–Crippen MR) is 105 cm³/mol. The maximum atomic E-state index is 12.5. The molecule has 1 aromatic carbocycles. The number of hydrogen-bond donors (Lipinski definition) is 1. The lowest BCUT2D eigenvalue weighted by molar-refractivity contribution is -0.129. The van der Waals surface area contributed by atoms with Gasteiger partial charge in [-0.25, -0.2) is 4.79 Å². The first kappa shape index (κ1) is 21.6. The van der Waals surface area contributed by atoms with Gasteiger partial charge in [-0.2, -0.15) is 0 Å². The fourth-order valence-corrected chi connectivity index (χ4v) is 3.10. The Kier molecular flexibility index (Phi) is 8.17. The van der Waals surface area contributed by atoms with E-state index in [9.17, 15) is 9.59 Å². The highest BCUT2D eigenvalue weighted by molar-refractivity contribution is 5.93. The van der Waals surface area contributed by atoms with Crippen molar-refractivity contribution in [1.29, 1.82) is 0 Å². The van der Waals surface area contributed by atoms with Gasteiger partial charge < -0.3 is 24.3 Å². The molecule has 7 nitrogen and oxygen atoms in total. The second-order valence-electron chi connectivity index (χ2n) is 6.61. The highest BCUT2D eigenvalue weighted by atomic mass is 16.5. The molecule has 7 heteroatoms. The summed E-state index contributed by atoms with van der Waals surface area (Å²) in [6.07, 6.45) is 6.84. The maximum absolute atomic E-state index is 12.5. The monoisotopic (exact) mass is 391 g/mol. The highest BCUT2D eigenvalue weighted by Crippen LogP contribution is 2.38. The number of allylic oxidation sites excluding steroid dienone is 1. The van der Waals surface area contributed by atoms with Crippen LogP contribution < -0.4 is 19.5 Å². The molecule has 0 saturated carbocycles. The minimum atomic E-state index is -0.910. The quantitative estimate of drug-likeness (QED) is 0.514. The molecule has 0 aliphatic heterocycles. The third kappa shape index (κ3) is 5.65. The molecule has 0 radical (unpaired) electrons. The van der Waals surface area contributed by atoms with E-state index >= 15 is 0 Å². The van der Waals surface area contributed by atoms with E-state index in [-0.39, 0.29) is 11.5 Å². The van der Waals surface area contributed by atoms with E-state index < -0.39 is 12.1 Å². The number of carbonyl (C=O) groups excluding carboxylic acids is 2. The van der Waals surface area contributed by atoms with Gasteiger partial charge in [-0.15, -0.1) is 0 Å². The Bertz CT molecular complexity index is 703. The number of nitrogens with one attached hydrogen (secondary N) is 1. The molecule has 154 valence electrons. The third-order valence-electron chi connectivity index (χ3n) is 4.68. The molecule has 0 saturated heterocycles. The molecule has 0 heterocycles. The summed E-state index contributed by atoms with van der Waals surface area (Å²) in [5, 5.41) is 2.82. The molecular formula is C21H29NO6. The Morgan fingerprint density at radius 1 is 1.07 bits per heavy atom. The molecule has 1 atom stereocenters. The highest BCUT2D eigenvalue weighted by Gasteiger charge is 2.22. The van der Waals surface area contributed by atoms with Gasteiger partial charge in [-0.3, -0.25) is 4.79 Å². The molecule has 0 unspecified atom stereocenters. The van der Waals surface area contributed by atoms with Crippen molar-refractivity contribution in [2.45, 2.75) is 45.1 Å². The minimum Gasteiger partial charge on any atom is -0.493 e. The van der Waals surface area contributed by atoms with Gasteiger partial charge in [0.1, 0.15) is 0 Å². The Labute approximate surface area is 166 Å². The van der Waals surface area contributed by atoms with E-state index in [1.54, 1.807) is 6.92 Å². The number of esters is 1. The summed E-state index contributed by atoms with van der Waals surface area (Å²) in [6.45, 7) is 2.09. The largest absolute Gasteiger partial charge is 0.493 e. The Morgan fingerprint density at radius 2 is 1.75 bits per heavy atom. The van der Waals surface area contributed by atoms with Crippen molar-refractivity contribution >= 4 is 11.9 Å². The van der Waals surface area contributed by atoms with Crippen LogP contribution in [0, 0.1) is 0 Å². The van der Waals surface area contributed by atoms with Crippen LogP contribution in [-0.4, -0.2) is 45.9 Å². The summed E-state index contributed by atoms with van der Waals surface area (Å²) < 4.78 is 21.0. The summed E-state index contributed by atoms with van der Waals surface area (Å²) in [6, 6.07) is 2.98. The van der Waals surface area contributed by atoms with Crippen LogP contribution in [0.25, 0.3) is 0 Å². The van der Waals surface area contributed by atoms with Gasteiger partial charge in [0.25, 0.3) is 5.91 Å². The first-order valence-electron chi connectivity index (χ1n) is 9.46. The van der Waals surface area contributed by atoms with Crippen LogP contribution in [0.5, 0.6) is 17.2 Å². The Balaban J connectivity index is 1.93. The van der Waals surface area contributed by atoms with Crippen LogP contribution in [-0.2, 0) is 9.53 Å². The van der Waals surface area contributed by atoms with Gasteiger partial charge in [0, 0.05) is 6.54 Å². The molecule has 1 amide bonds. The van der Waals surface area contributed by atoms with E-state index in [4.69, 9.17) is 18.9 Å². The van der Waals surface area contributed by atoms with Crippen LogP contribution in [0.15, 0.2) is 23.8 Å². The normalized spacial score (nSPS) is 14.5. The lowest BCUT2D eigenvalue weighted by Gasteiger charge is -2.17. The summed E-state index contributed by atoms with van der Waals surface area (Å²) >= 11 is 0. The summed E-state index contributed by atoms with van der Waals surface area (Å²) in [5.74, 6) is 0.0942. The molecular weight excluding hydrogens is 362 g/mol. The first-order chi connectivity index (χ1) is 13.5. The molecule has 0 fully saturated rings. The van der Waals surface area contributed by atoms with Crippen molar-refractivity contribution in [3.8, 4) is 17.2 Å². The third-order valence-corrected chi connectivity index (χ3v) is 4.68. The van der Waals surface area contributed by atoms with Crippen molar-refractivity contribution in [3.05, 3.63) is 29.3 Å². The zero-order valence-electron chi connectivity index (χ0n) is 17.0. The Hall–Kier alpha value is -2.70. The van der Waals surface area contributed by atoms with Crippen LogP contribution in [0.3, 0.4) is 0 Å². The SMILES string of the molecule is COc1cc(C(=O)O[C@H](C)C(=O)NCCC2=CCCCC2)cc(OC)c1OC. The van der Waals surface area contributed by atoms with Gasteiger partial charge in [-0.1, -0.05) is 11.6 Å². The van der Waals surface area contributed by atoms with Crippen LogP contribution >= 0.6 is 0 Å². The van der Waals surface area contributed by atoms with E-state index in [0.29, 0.717) is 23.8 Å². The van der Waals surface area contributed by atoms with Crippen molar-refractivity contribution < 1.29 is 28.5 Å². The van der Waals surface area contributed by atoms with Crippen molar-refractivity contribution in [2.24, 2.45) is 0 Å². The molecule has 1 N–H and O–H groups in total. The predicted octanol–water partition coefficient (Wildman–Crippen LogP) is 3.26. The lowest BCUT2D eigenvalue weighted by Crippen LogP contribution is -2.36. The average molecular weight is 391 g/mol. The number of carbonyl (C=O) groups is 2. The van der Waals surface area contributed by atoms with E-state index in [1.165, 1.54) is 51.9 Å². The van der Waals surface area contributed by atoms with Gasteiger partial charge in [0.15, 0.2) is 17.6 Å². The molecule has 28 heavy (non-hydrogen) atoms. The minimum absolute atomic E-state index is 0.210. The summed E-state index contributed by atoms with van der Waals surface area (Å²) in [4.78, 5) is 24.7. The number of amides is 1. The summed E-state index contributed by atoms with van der Waals surface area (Å²) in [5.41, 5.74) is 1.59. The zero-order valence-corrected chi connectivity index (χ0v) is 17.0. The van der Waals surface area contributed by atoms with Crippen molar-refractivity contribution in [1.82, 2.24) is 5.32 Å². The Morgan fingerprint density at radius 3 is 2.29 bits per heavy atom. The van der Waals surface area contributed by atoms with Gasteiger partial charge in [-0.05, 0) is 51.2 Å². The maximum Gasteiger partial charge on any atom is 0.339 e. The number of hydrogen-bond acceptors (Lipinski definition) is 6. The number of ether oxygens (including phenoxy) is 4. The van der Waals surface area contributed by atoms with Gasteiger partial charge in [0.2, 0.25) is 5.75 Å². The average Bonchev–Trinajstić information content (AvgIpc) is 2.72.